The molecule has 0 heterocycles. The number of benzene rings is 2. The molecule has 0 saturated carbocycles. The Morgan fingerprint density at radius 2 is 1.96 bits per heavy atom. The van der Waals surface area contributed by atoms with Crippen LogP contribution in [-0.4, -0.2) is 17.2 Å². The quantitative estimate of drug-likeness (QED) is 0.457. The third-order valence-corrected chi connectivity index (χ3v) is 3.44. The second-order valence-corrected chi connectivity index (χ2v) is 5.27. The van der Waals surface area contributed by atoms with Crippen molar-refractivity contribution >= 4 is 17.1 Å². The van der Waals surface area contributed by atoms with Crippen LogP contribution >= 0.6 is 0 Å². The lowest BCUT2D eigenvalue weighted by Crippen LogP contribution is -2.07. The van der Waals surface area contributed by atoms with Gasteiger partial charge in [-0.25, -0.2) is 0 Å². The van der Waals surface area contributed by atoms with Crippen LogP contribution in [0.2, 0.25) is 0 Å². The number of nitrogens with zero attached hydrogens (tertiary/aromatic N) is 3. The Labute approximate surface area is 151 Å². The Kier molecular flexibility index (Phi) is 5.97. The summed E-state index contributed by atoms with van der Waals surface area (Å²) < 4.78 is 43.2. The first-order chi connectivity index (χ1) is 12.7. The minimum Gasteiger partial charge on any atom is -0.479 e. The first-order valence-electron chi connectivity index (χ1n) is 7.48. The fourth-order valence-corrected chi connectivity index (χ4v) is 2.07. The molecule has 2 aromatic rings. The number of hydrazone groups is 1. The van der Waals surface area contributed by atoms with Gasteiger partial charge in [-0.2, -0.15) is 23.5 Å². The van der Waals surface area contributed by atoms with E-state index in [1.165, 1.54) is 0 Å². The van der Waals surface area contributed by atoms with Crippen molar-refractivity contribution in [2.75, 3.05) is 12.0 Å². The lowest BCUT2D eigenvalue weighted by molar-refractivity contribution is -0.384. The van der Waals surface area contributed by atoms with Crippen molar-refractivity contribution in [2.45, 2.75) is 13.1 Å². The van der Waals surface area contributed by atoms with Crippen molar-refractivity contribution in [1.29, 1.82) is 5.26 Å². The highest BCUT2D eigenvalue weighted by atomic mass is 19.4. The van der Waals surface area contributed by atoms with E-state index < -0.39 is 22.4 Å². The van der Waals surface area contributed by atoms with E-state index >= 15 is 0 Å². The van der Waals surface area contributed by atoms with Gasteiger partial charge in [-0.15, -0.1) is 0 Å². The predicted octanol–water partition coefficient (Wildman–Crippen LogP) is 4.35. The topological polar surface area (TPSA) is 101 Å². The summed E-state index contributed by atoms with van der Waals surface area (Å²) in [5.41, 5.74) is 1.50. The summed E-state index contributed by atoms with van der Waals surface area (Å²) in [4.78, 5) is 10.1. The summed E-state index contributed by atoms with van der Waals surface area (Å²) in [7, 11) is 0. The Bertz CT molecular complexity index is 903. The van der Waals surface area contributed by atoms with E-state index in [1.807, 2.05) is 6.07 Å². The van der Waals surface area contributed by atoms with Gasteiger partial charge in [-0.05, 0) is 48.9 Å². The SMILES string of the molecule is C/C(=N/Nc1ccc(C(F)(F)F)cc1[N+](=O)[O-])c1ccc(OCC#N)cc1. The fourth-order valence-electron chi connectivity index (χ4n) is 2.07. The molecule has 0 spiro atoms. The molecule has 2 aromatic carbocycles. The number of alkyl halides is 3. The Balaban J connectivity index is 2.21. The van der Waals surface area contributed by atoms with Gasteiger partial charge in [-0.3, -0.25) is 15.5 Å². The molecule has 0 atom stereocenters. The van der Waals surface area contributed by atoms with E-state index in [0.717, 1.165) is 12.1 Å². The molecule has 1 N–H and O–H groups in total. The van der Waals surface area contributed by atoms with Crippen molar-refractivity contribution in [3.05, 3.63) is 63.7 Å². The minimum absolute atomic E-state index is 0.0917. The van der Waals surface area contributed by atoms with Gasteiger partial charge >= 0.3 is 6.18 Å². The largest absolute Gasteiger partial charge is 0.479 e. The van der Waals surface area contributed by atoms with Gasteiger partial charge in [0.05, 0.1) is 16.2 Å². The molecular weight excluding hydrogens is 365 g/mol. The molecule has 0 aromatic heterocycles. The van der Waals surface area contributed by atoms with E-state index in [2.05, 4.69) is 10.5 Å². The van der Waals surface area contributed by atoms with Crippen LogP contribution in [-0.2, 0) is 6.18 Å². The molecule has 27 heavy (non-hydrogen) atoms. The fraction of sp³-hybridized carbons (Fsp3) is 0.176. The molecule has 0 saturated heterocycles. The summed E-state index contributed by atoms with van der Waals surface area (Å²) >= 11 is 0. The van der Waals surface area contributed by atoms with E-state index in [1.54, 1.807) is 31.2 Å². The van der Waals surface area contributed by atoms with Crippen LogP contribution in [0.25, 0.3) is 0 Å². The third-order valence-electron chi connectivity index (χ3n) is 3.44. The van der Waals surface area contributed by atoms with Crippen LogP contribution in [0.3, 0.4) is 0 Å². The summed E-state index contributed by atoms with van der Waals surface area (Å²) in [6.07, 6.45) is -4.68. The first-order valence-corrected chi connectivity index (χ1v) is 7.48. The number of anilines is 1. The van der Waals surface area contributed by atoms with Crippen LogP contribution < -0.4 is 10.2 Å². The Hall–Kier alpha value is -3.61. The van der Waals surface area contributed by atoms with Gasteiger partial charge in [0.25, 0.3) is 5.69 Å². The van der Waals surface area contributed by atoms with Crippen molar-refractivity contribution in [3.8, 4) is 11.8 Å². The number of nitro groups is 1. The van der Waals surface area contributed by atoms with E-state index in [-0.39, 0.29) is 12.3 Å². The number of hydrogen-bond donors (Lipinski definition) is 1. The zero-order valence-electron chi connectivity index (χ0n) is 13.9. The highest BCUT2D eigenvalue weighted by Gasteiger charge is 2.33. The lowest BCUT2D eigenvalue weighted by Gasteiger charge is -2.09. The van der Waals surface area contributed by atoms with Crippen LogP contribution in [0.5, 0.6) is 5.75 Å². The average molecular weight is 378 g/mol. The van der Waals surface area contributed by atoms with E-state index in [4.69, 9.17) is 10.00 Å². The summed E-state index contributed by atoms with van der Waals surface area (Å²) in [5.74, 6) is 0.486. The smallest absolute Gasteiger partial charge is 0.416 e. The molecule has 10 heteroatoms. The number of hydrogen-bond acceptors (Lipinski definition) is 6. The Morgan fingerprint density at radius 1 is 1.30 bits per heavy atom. The molecule has 0 aliphatic carbocycles. The summed E-state index contributed by atoms with van der Waals surface area (Å²) in [5, 5.41) is 23.5. The monoisotopic (exact) mass is 378 g/mol. The second-order valence-electron chi connectivity index (χ2n) is 5.27. The van der Waals surface area contributed by atoms with Crippen LogP contribution in [0, 0.1) is 21.4 Å². The maximum Gasteiger partial charge on any atom is 0.416 e. The van der Waals surface area contributed by atoms with Crippen molar-refractivity contribution in [3.63, 3.8) is 0 Å². The van der Waals surface area contributed by atoms with Gasteiger partial charge in [0.1, 0.15) is 17.5 Å². The van der Waals surface area contributed by atoms with Gasteiger partial charge in [-0.1, -0.05) is 0 Å². The predicted molar refractivity (Wildman–Crippen MR) is 91.5 cm³/mol. The number of nitro benzene ring substituents is 1. The van der Waals surface area contributed by atoms with Crippen LogP contribution in [0.4, 0.5) is 24.5 Å². The van der Waals surface area contributed by atoms with Gasteiger partial charge in [0, 0.05) is 6.07 Å². The van der Waals surface area contributed by atoms with Gasteiger partial charge in [0.2, 0.25) is 0 Å². The molecule has 140 valence electrons. The number of nitriles is 1. The number of rotatable bonds is 6. The maximum absolute atomic E-state index is 12.7. The molecule has 0 amide bonds. The summed E-state index contributed by atoms with van der Waals surface area (Å²) in [6.45, 7) is 1.53. The second kappa shape index (κ2) is 8.18. The molecule has 0 fully saturated rings. The zero-order valence-corrected chi connectivity index (χ0v) is 13.9. The highest BCUT2D eigenvalue weighted by Crippen LogP contribution is 2.35. The molecule has 2 rings (SSSR count). The van der Waals surface area contributed by atoms with Crippen molar-refractivity contribution in [2.24, 2.45) is 5.10 Å². The van der Waals surface area contributed by atoms with Crippen LogP contribution in [0.15, 0.2) is 47.6 Å². The molecule has 0 bridgehead atoms. The lowest BCUT2D eigenvalue weighted by atomic mass is 10.1. The molecule has 0 unspecified atom stereocenters. The molecule has 0 aliphatic heterocycles. The number of nitrogens with one attached hydrogen (secondary N) is 1. The van der Waals surface area contributed by atoms with Gasteiger partial charge in [0.15, 0.2) is 6.61 Å². The van der Waals surface area contributed by atoms with E-state index in [0.29, 0.717) is 23.1 Å². The normalized spacial score (nSPS) is 11.6. The van der Waals surface area contributed by atoms with Gasteiger partial charge < -0.3 is 4.74 Å². The first kappa shape index (κ1) is 19.7. The van der Waals surface area contributed by atoms with Crippen LogP contribution in [0.1, 0.15) is 18.1 Å². The maximum atomic E-state index is 12.7. The van der Waals surface area contributed by atoms with Crippen molar-refractivity contribution in [1.82, 2.24) is 0 Å². The molecular formula is C17H13F3N4O3. The van der Waals surface area contributed by atoms with E-state index in [9.17, 15) is 23.3 Å². The molecule has 7 nitrogen and oxygen atoms in total. The third kappa shape index (κ3) is 5.18. The minimum atomic E-state index is -4.68. The highest BCUT2D eigenvalue weighted by molar-refractivity contribution is 5.99. The van der Waals surface area contributed by atoms with Crippen molar-refractivity contribution < 1.29 is 22.8 Å². The number of halogens is 3. The number of ether oxygens (including phenoxy) is 1. The molecule has 0 radical (unpaired) electrons. The average Bonchev–Trinajstić information content (AvgIpc) is 2.63. The standard InChI is InChI=1S/C17H13F3N4O3/c1-11(12-2-5-14(6-3-12)27-9-8-21)22-23-15-7-4-13(17(18,19)20)10-16(15)24(25)26/h2-7,10,23H,9H2,1H3/b22-11-. The summed E-state index contributed by atoms with van der Waals surface area (Å²) in [6, 6.07) is 10.5. The molecule has 0 aliphatic rings. The Morgan fingerprint density at radius 3 is 2.52 bits per heavy atom. The zero-order chi connectivity index (χ0) is 20.0.